The summed E-state index contributed by atoms with van der Waals surface area (Å²) in [6.07, 6.45) is 0. The minimum Gasteiger partial charge on any atom is -0.347 e. The van der Waals surface area contributed by atoms with Crippen LogP contribution in [-0.4, -0.2) is 9.79 Å². The molecule has 0 atom stereocenters. The van der Waals surface area contributed by atoms with Crippen LogP contribution < -0.4 is 5.30 Å². The highest BCUT2D eigenvalue weighted by Gasteiger charge is 2.18. The molecule has 3 heteroatoms. The highest BCUT2D eigenvalue weighted by atomic mass is 31.2. The van der Waals surface area contributed by atoms with E-state index in [1.807, 2.05) is 30.3 Å². The Morgan fingerprint density at radius 3 is 1.96 bits per heavy atom. The first-order valence-corrected chi connectivity index (χ1v) is 10.6. The van der Waals surface area contributed by atoms with Crippen molar-refractivity contribution in [2.45, 2.75) is 39.5 Å². The maximum absolute atomic E-state index is 10.0. The minimum atomic E-state index is -2.17. The Morgan fingerprint density at radius 2 is 1.37 bits per heavy atom. The quantitative estimate of drug-likeness (QED) is 0.520. The molecule has 0 bridgehead atoms. The van der Waals surface area contributed by atoms with Crippen LogP contribution in [0, 0.1) is 0 Å². The van der Waals surface area contributed by atoms with E-state index in [0.29, 0.717) is 17.1 Å². The van der Waals surface area contributed by atoms with E-state index in [0.717, 1.165) is 22.3 Å². The zero-order chi connectivity index (χ0) is 19.6. The predicted molar refractivity (Wildman–Crippen MR) is 116 cm³/mol. The van der Waals surface area contributed by atoms with E-state index in [4.69, 9.17) is 0 Å². The monoisotopic (exact) mass is 378 g/mol. The second-order valence-corrected chi connectivity index (χ2v) is 8.60. The highest BCUT2D eigenvalue weighted by molar-refractivity contribution is 7.54. The van der Waals surface area contributed by atoms with Gasteiger partial charge in [-0.25, -0.2) is 0 Å². The van der Waals surface area contributed by atoms with Crippen molar-refractivity contribution >= 4 is 13.7 Å². The summed E-state index contributed by atoms with van der Waals surface area (Å²) in [5.41, 5.74) is 6.73. The molecule has 27 heavy (non-hydrogen) atoms. The van der Waals surface area contributed by atoms with Crippen LogP contribution in [0.15, 0.2) is 66.7 Å². The Morgan fingerprint density at radius 1 is 0.667 bits per heavy atom. The van der Waals surface area contributed by atoms with Gasteiger partial charge in [-0.05, 0) is 57.3 Å². The van der Waals surface area contributed by atoms with Gasteiger partial charge in [0.2, 0.25) is 0 Å². The van der Waals surface area contributed by atoms with Gasteiger partial charge in [-0.1, -0.05) is 82.3 Å². The molecule has 2 N–H and O–H groups in total. The Bertz CT molecular complexity index is 915. The molecule has 0 saturated carbocycles. The lowest BCUT2D eigenvalue weighted by Crippen LogP contribution is -2.07. The van der Waals surface area contributed by atoms with Crippen molar-refractivity contribution in [3.8, 4) is 22.3 Å². The molecule has 2 nitrogen and oxygen atoms in total. The van der Waals surface area contributed by atoms with Crippen molar-refractivity contribution < 1.29 is 9.79 Å². The normalized spacial score (nSPS) is 11.6. The fourth-order valence-electron chi connectivity index (χ4n) is 3.40. The largest absolute Gasteiger partial charge is 0.347 e. The lowest BCUT2D eigenvalue weighted by atomic mass is 9.87. The highest BCUT2D eigenvalue weighted by Crippen LogP contribution is 2.37. The summed E-state index contributed by atoms with van der Waals surface area (Å²) < 4.78 is 0. The molecule has 0 heterocycles. The standard InChI is InChI=1S/C24H27O2P/c1-16(2)19-10-12-21(22(14-19)17(3)4)23-15-20(11-13-24(23)27(25)26)18-8-6-5-7-9-18/h5-17,25-26H,1-4H3. The fourth-order valence-corrected chi connectivity index (χ4v) is 4.01. The number of hydrogen-bond donors (Lipinski definition) is 2. The van der Waals surface area contributed by atoms with E-state index in [1.165, 1.54) is 11.1 Å². The third-order valence-corrected chi connectivity index (χ3v) is 5.79. The lowest BCUT2D eigenvalue weighted by molar-refractivity contribution is 0.497. The molecule has 3 aromatic carbocycles. The van der Waals surface area contributed by atoms with Crippen LogP contribution in [0.25, 0.3) is 22.3 Å². The summed E-state index contributed by atoms with van der Waals surface area (Å²) >= 11 is 0. The van der Waals surface area contributed by atoms with Gasteiger partial charge in [-0.2, -0.15) is 0 Å². The van der Waals surface area contributed by atoms with Crippen LogP contribution >= 0.6 is 8.38 Å². The van der Waals surface area contributed by atoms with Gasteiger partial charge < -0.3 is 9.79 Å². The first-order chi connectivity index (χ1) is 12.9. The first kappa shape index (κ1) is 19.8. The van der Waals surface area contributed by atoms with E-state index in [1.54, 1.807) is 0 Å². The zero-order valence-corrected chi connectivity index (χ0v) is 17.2. The molecule has 0 aliphatic rings. The van der Waals surface area contributed by atoms with Gasteiger partial charge in [0.15, 0.2) is 8.38 Å². The first-order valence-electron chi connectivity index (χ1n) is 9.40. The Labute approximate surface area is 163 Å². The van der Waals surface area contributed by atoms with E-state index in [9.17, 15) is 9.79 Å². The molecular formula is C24H27O2P. The Balaban J connectivity index is 2.23. The molecule has 0 saturated heterocycles. The SMILES string of the molecule is CC(C)c1ccc(-c2cc(-c3ccccc3)ccc2P(O)O)c(C(C)C)c1. The van der Waals surface area contributed by atoms with Crippen molar-refractivity contribution in [2.75, 3.05) is 0 Å². The van der Waals surface area contributed by atoms with Gasteiger partial charge in [-0.3, -0.25) is 0 Å². The molecule has 0 radical (unpaired) electrons. The molecule has 0 aromatic heterocycles. The second kappa shape index (κ2) is 8.35. The third kappa shape index (κ3) is 4.30. The van der Waals surface area contributed by atoms with Crippen molar-refractivity contribution in [2.24, 2.45) is 0 Å². The second-order valence-electron chi connectivity index (χ2n) is 7.54. The molecule has 3 rings (SSSR count). The summed E-state index contributed by atoms with van der Waals surface area (Å²) in [5, 5.41) is 0.601. The average Bonchev–Trinajstić information content (AvgIpc) is 2.67. The van der Waals surface area contributed by atoms with Crippen molar-refractivity contribution in [3.05, 3.63) is 77.9 Å². The molecule has 0 amide bonds. The van der Waals surface area contributed by atoms with Gasteiger partial charge in [-0.15, -0.1) is 0 Å². The number of benzene rings is 3. The average molecular weight is 378 g/mol. The van der Waals surface area contributed by atoms with Crippen LogP contribution in [0.1, 0.15) is 50.7 Å². The fraction of sp³-hybridized carbons (Fsp3) is 0.250. The summed E-state index contributed by atoms with van der Waals surface area (Å²) in [6.45, 7) is 8.76. The molecular weight excluding hydrogens is 351 g/mol. The van der Waals surface area contributed by atoms with Crippen LogP contribution in [0.4, 0.5) is 0 Å². The maximum Gasteiger partial charge on any atom is 0.200 e. The van der Waals surface area contributed by atoms with Crippen LogP contribution in [0.3, 0.4) is 0 Å². The molecule has 0 spiro atoms. The minimum absolute atomic E-state index is 0.343. The van der Waals surface area contributed by atoms with Gasteiger partial charge in [0.25, 0.3) is 0 Å². The van der Waals surface area contributed by atoms with E-state index in [-0.39, 0.29) is 0 Å². The number of rotatable bonds is 5. The topological polar surface area (TPSA) is 40.5 Å². The molecule has 0 unspecified atom stereocenters. The molecule has 0 fully saturated rings. The van der Waals surface area contributed by atoms with E-state index < -0.39 is 8.38 Å². The van der Waals surface area contributed by atoms with Gasteiger partial charge >= 0.3 is 0 Å². The Hall–Kier alpha value is -1.99. The number of hydrogen-bond acceptors (Lipinski definition) is 2. The summed E-state index contributed by atoms with van der Waals surface area (Å²) in [7, 11) is -2.17. The van der Waals surface area contributed by atoms with Crippen molar-refractivity contribution in [1.82, 2.24) is 0 Å². The van der Waals surface area contributed by atoms with Crippen molar-refractivity contribution in [3.63, 3.8) is 0 Å². The van der Waals surface area contributed by atoms with Crippen LogP contribution in [-0.2, 0) is 0 Å². The third-order valence-electron chi connectivity index (χ3n) is 4.97. The molecule has 0 aliphatic heterocycles. The summed E-state index contributed by atoms with van der Waals surface area (Å²) in [4.78, 5) is 20.0. The summed E-state index contributed by atoms with van der Waals surface area (Å²) in [5.74, 6) is 0.801. The van der Waals surface area contributed by atoms with Crippen LogP contribution in [0.2, 0.25) is 0 Å². The summed E-state index contributed by atoms with van der Waals surface area (Å²) in [6, 6.07) is 22.6. The maximum atomic E-state index is 10.0. The molecule has 0 aliphatic carbocycles. The lowest BCUT2D eigenvalue weighted by Gasteiger charge is -2.20. The van der Waals surface area contributed by atoms with Crippen molar-refractivity contribution in [1.29, 1.82) is 0 Å². The van der Waals surface area contributed by atoms with E-state index in [2.05, 4.69) is 64.1 Å². The molecule has 140 valence electrons. The van der Waals surface area contributed by atoms with Gasteiger partial charge in [0, 0.05) is 5.30 Å². The van der Waals surface area contributed by atoms with Gasteiger partial charge in [0.05, 0.1) is 0 Å². The van der Waals surface area contributed by atoms with Gasteiger partial charge in [0.1, 0.15) is 0 Å². The molecule has 3 aromatic rings. The Kier molecular flexibility index (Phi) is 6.11. The van der Waals surface area contributed by atoms with E-state index >= 15 is 0 Å². The smallest absolute Gasteiger partial charge is 0.200 e. The van der Waals surface area contributed by atoms with Crippen LogP contribution in [0.5, 0.6) is 0 Å². The zero-order valence-electron chi connectivity index (χ0n) is 16.3. The predicted octanol–water partition coefficient (Wildman–Crippen LogP) is 6.19.